The maximum absolute atomic E-state index is 13.2. The SMILES string of the molecule is CC(=O)N(CC(=O)N1CC2CC(C1)N(C(=O)C1CC3(C1)NC(=O)NC3=O)C2)c1ccccc1. The molecule has 0 radical (unpaired) electrons. The summed E-state index contributed by atoms with van der Waals surface area (Å²) in [7, 11) is 0. The Morgan fingerprint density at radius 1 is 1.09 bits per heavy atom. The monoisotopic (exact) mass is 453 g/mol. The van der Waals surface area contributed by atoms with Crippen LogP contribution in [0.2, 0.25) is 0 Å². The second-order valence-corrected chi connectivity index (χ2v) is 9.58. The van der Waals surface area contributed by atoms with Gasteiger partial charge in [0.15, 0.2) is 0 Å². The van der Waals surface area contributed by atoms with E-state index in [0.717, 1.165) is 6.42 Å². The van der Waals surface area contributed by atoms with Crippen LogP contribution in [0.1, 0.15) is 26.2 Å². The molecule has 10 heteroatoms. The number of imide groups is 1. The third kappa shape index (κ3) is 3.73. The molecule has 33 heavy (non-hydrogen) atoms. The molecule has 5 rings (SSSR count). The van der Waals surface area contributed by atoms with Crippen LogP contribution in [-0.2, 0) is 19.2 Å². The number of urea groups is 1. The van der Waals surface area contributed by atoms with Gasteiger partial charge in [0.2, 0.25) is 17.7 Å². The van der Waals surface area contributed by atoms with Gasteiger partial charge in [-0.2, -0.15) is 0 Å². The number of benzene rings is 1. The average Bonchev–Trinajstić information content (AvgIpc) is 3.24. The number of rotatable bonds is 4. The highest BCUT2D eigenvalue weighted by atomic mass is 16.2. The highest BCUT2D eigenvalue weighted by Crippen LogP contribution is 2.42. The highest BCUT2D eigenvalue weighted by Gasteiger charge is 2.58. The van der Waals surface area contributed by atoms with E-state index in [2.05, 4.69) is 10.6 Å². The molecule has 2 N–H and O–H groups in total. The zero-order valence-electron chi connectivity index (χ0n) is 18.5. The Morgan fingerprint density at radius 3 is 2.45 bits per heavy atom. The topological polar surface area (TPSA) is 119 Å². The number of nitrogens with zero attached hydrogens (tertiary/aromatic N) is 3. The van der Waals surface area contributed by atoms with Gasteiger partial charge in [-0.25, -0.2) is 4.79 Å². The van der Waals surface area contributed by atoms with Crippen LogP contribution in [0.25, 0.3) is 0 Å². The molecule has 0 aromatic heterocycles. The number of piperidine rings is 1. The molecule has 1 aromatic rings. The van der Waals surface area contributed by atoms with E-state index >= 15 is 0 Å². The lowest BCUT2D eigenvalue weighted by Gasteiger charge is -2.43. The van der Waals surface area contributed by atoms with Crippen LogP contribution in [0.4, 0.5) is 10.5 Å². The van der Waals surface area contributed by atoms with E-state index in [1.165, 1.54) is 11.8 Å². The van der Waals surface area contributed by atoms with Crippen LogP contribution >= 0.6 is 0 Å². The lowest BCUT2D eigenvalue weighted by molar-refractivity contribution is -0.145. The van der Waals surface area contributed by atoms with Crippen molar-refractivity contribution in [3.63, 3.8) is 0 Å². The quantitative estimate of drug-likeness (QED) is 0.626. The first-order valence-electron chi connectivity index (χ1n) is 11.3. The minimum Gasteiger partial charge on any atom is -0.339 e. The molecule has 1 aliphatic carbocycles. The van der Waals surface area contributed by atoms with Crippen molar-refractivity contribution in [2.75, 3.05) is 31.1 Å². The Labute approximate surface area is 191 Å². The van der Waals surface area contributed by atoms with Crippen molar-refractivity contribution in [3.05, 3.63) is 30.3 Å². The highest BCUT2D eigenvalue weighted by molar-refractivity contribution is 6.08. The van der Waals surface area contributed by atoms with Crippen LogP contribution in [0.3, 0.4) is 0 Å². The fourth-order valence-electron chi connectivity index (χ4n) is 5.67. The minimum absolute atomic E-state index is 0.00831. The summed E-state index contributed by atoms with van der Waals surface area (Å²) in [4.78, 5) is 66.9. The molecule has 1 saturated carbocycles. The average molecular weight is 453 g/mol. The third-order valence-electron chi connectivity index (χ3n) is 7.34. The third-order valence-corrected chi connectivity index (χ3v) is 7.34. The molecule has 3 heterocycles. The first-order valence-corrected chi connectivity index (χ1v) is 11.3. The zero-order chi connectivity index (χ0) is 23.3. The van der Waals surface area contributed by atoms with Crippen LogP contribution in [-0.4, -0.2) is 77.2 Å². The fraction of sp³-hybridized carbons (Fsp3) is 0.522. The Kier molecular flexibility index (Phi) is 5.10. The standard InChI is InChI=1S/C23H27N5O5/c1-14(29)27(17-5-3-2-4-6-17)13-19(30)26-10-15-7-18(12-26)28(11-15)20(31)16-8-23(9-16)21(32)24-22(33)25-23/h2-6,15-16,18H,7-13H2,1H3,(H2,24,25,32,33). The second-order valence-electron chi connectivity index (χ2n) is 9.58. The number of carbonyl (C=O) groups is 5. The summed E-state index contributed by atoms with van der Waals surface area (Å²) >= 11 is 0. The number of likely N-dealkylation sites (tertiary alicyclic amines) is 2. The maximum Gasteiger partial charge on any atom is 0.322 e. The van der Waals surface area contributed by atoms with E-state index in [1.54, 1.807) is 17.0 Å². The van der Waals surface area contributed by atoms with Crippen molar-refractivity contribution in [1.29, 1.82) is 0 Å². The number of amides is 6. The number of hydrogen-bond donors (Lipinski definition) is 2. The van der Waals surface area contributed by atoms with Gasteiger partial charge >= 0.3 is 6.03 Å². The molecule has 10 nitrogen and oxygen atoms in total. The zero-order valence-corrected chi connectivity index (χ0v) is 18.5. The second kappa shape index (κ2) is 7.86. The Bertz CT molecular complexity index is 1020. The largest absolute Gasteiger partial charge is 0.339 e. The van der Waals surface area contributed by atoms with Crippen molar-refractivity contribution in [3.8, 4) is 0 Å². The first-order chi connectivity index (χ1) is 15.8. The molecule has 3 aliphatic heterocycles. The van der Waals surface area contributed by atoms with Crippen LogP contribution in [0.15, 0.2) is 30.3 Å². The van der Waals surface area contributed by atoms with Crippen molar-refractivity contribution >= 4 is 35.3 Å². The Balaban J connectivity index is 1.20. The van der Waals surface area contributed by atoms with Crippen molar-refractivity contribution in [1.82, 2.24) is 20.4 Å². The van der Waals surface area contributed by atoms with Gasteiger partial charge in [-0.05, 0) is 37.3 Å². The number of para-hydroxylation sites is 1. The van der Waals surface area contributed by atoms with E-state index in [4.69, 9.17) is 0 Å². The van der Waals surface area contributed by atoms with Gasteiger partial charge in [-0.3, -0.25) is 24.5 Å². The van der Waals surface area contributed by atoms with Crippen molar-refractivity contribution < 1.29 is 24.0 Å². The maximum atomic E-state index is 13.2. The molecule has 4 aliphatic rings. The first kappa shape index (κ1) is 21.4. The number of anilines is 1. The van der Waals surface area contributed by atoms with Crippen molar-refractivity contribution in [2.45, 2.75) is 37.8 Å². The Morgan fingerprint density at radius 2 is 1.82 bits per heavy atom. The normalized spacial score (nSPS) is 30.0. The molecule has 174 valence electrons. The Hall–Kier alpha value is -3.43. The predicted octanol–water partition coefficient (Wildman–Crippen LogP) is 0.0870. The summed E-state index contributed by atoms with van der Waals surface area (Å²) in [5, 5.41) is 4.89. The van der Waals surface area contributed by atoms with E-state index in [1.807, 2.05) is 23.1 Å². The van der Waals surface area contributed by atoms with Gasteiger partial charge in [0.05, 0.1) is 0 Å². The van der Waals surface area contributed by atoms with Crippen molar-refractivity contribution in [2.24, 2.45) is 11.8 Å². The molecule has 1 spiro atoms. The summed E-state index contributed by atoms with van der Waals surface area (Å²) in [5.74, 6) is -0.807. The van der Waals surface area contributed by atoms with Gasteiger partial charge < -0.3 is 20.0 Å². The van der Waals surface area contributed by atoms with Crippen LogP contribution in [0.5, 0.6) is 0 Å². The minimum atomic E-state index is -0.943. The molecular weight excluding hydrogens is 426 g/mol. The molecular formula is C23H27N5O5. The molecule has 6 amide bonds. The van der Waals surface area contributed by atoms with Gasteiger partial charge in [0.25, 0.3) is 5.91 Å². The number of fused-ring (bicyclic) bond motifs is 2. The van der Waals surface area contributed by atoms with E-state index in [0.29, 0.717) is 38.2 Å². The molecule has 2 atom stereocenters. The summed E-state index contributed by atoms with van der Waals surface area (Å²) in [6.45, 7) is 3.00. The predicted molar refractivity (Wildman–Crippen MR) is 117 cm³/mol. The molecule has 2 bridgehead atoms. The molecule has 2 unspecified atom stereocenters. The smallest absolute Gasteiger partial charge is 0.322 e. The van der Waals surface area contributed by atoms with E-state index < -0.39 is 11.6 Å². The number of carbonyl (C=O) groups excluding carboxylic acids is 5. The van der Waals surface area contributed by atoms with Crippen LogP contribution < -0.4 is 15.5 Å². The van der Waals surface area contributed by atoms with Gasteiger partial charge in [-0.1, -0.05) is 18.2 Å². The molecule has 3 saturated heterocycles. The van der Waals surface area contributed by atoms with Gasteiger partial charge in [-0.15, -0.1) is 0 Å². The summed E-state index contributed by atoms with van der Waals surface area (Å²) in [6.07, 6.45) is 1.47. The molecule has 1 aromatic carbocycles. The number of hydrogen-bond acceptors (Lipinski definition) is 5. The van der Waals surface area contributed by atoms with E-state index in [9.17, 15) is 24.0 Å². The van der Waals surface area contributed by atoms with Crippen LogP contribution in [0, 0.1) is 11.8 Å². The summed E-state index contributed by atoms with van der Waals surface area (Å²) < 4.78 is 0. The van der Waals surface area contributed by atoms with Gasteiger partial charge in [0, 0.05) is 44.2 Å². The summed E-state index contributed by atoms with van der Waals surface area (Å²) in [6, 6.07) is 8.53. The van der Waals surface area contributed by atoms with Gasteiger partial charge in [0.1, 0.15) is 12.1 Å². The fourth-order valence-corrected chi connectivity index (χ4v) is 5.67. The lowest BCUT2D eigenvalue weighted by Crippen LogP contribution is -2.61. The van der Waals surface area contributed by atoms with E-state index in [-0.39, 0.29) is 48.1 Å². The lowest BCUT2D eigenvalue weighted by atomic mass is 9.67. The summed E-state index contributed by atoms with van der Waals surface area (Å²) in [5.41, 5.74) is -0.265. The molecule has 4 fully saturated rings. The number of nitrogens with one attached hydrogen (secondary N) is 2.